The summed E-state index contributed by atoms with van der Waals surface area (Å²) in [5.74, 6) is -0.891. The Hall–Kier alpha value is 0.110. The van der Waals surface area contributed by atoms with Gasteiger partial charge in [0.1, 0.15) is 6.10 Å². The van der Waals surface area contributed by atoms with Gasteiger partial charge >= 0.3 is 0 Å². The van der Waals surface area contributed by atoms with Crippen LogP contribution in [0.5, 0.6) is 0 Å². The van der Waals surface area contributed by atoms with E-state index < -0.39 is 37.5 Å². The van der Waals surface area contributed by atoms with E-state index in [-0.39, 0.29) is 5.75 Å². The van der Waals surface area contributed by atoms with E-state index in [4.69, 9.17) is 11.6 Å². The van der Waals surface area contributed by atoms with E-state index in [1.165, 1.54) is 0 Å². The van der Waals surface area contributed by atoms with E-state index in [0.717, 1.165) is 0 Å². The highest BCUT2D eigenvalue weighted by Gasteiger charge is 2.38. The third-order valence-corrected chi connectivity index (χ3v) is 4.28. The van der Waals surface area contributed by atoms with Gasteiger partial charge in [-0.1, -0.05) is 0 Å². The summed E-state index contributed by atoms with van der Waals surface area (Å²) >= 11 is 5.46. The second-order valence-electron chi connectivity index (χ2n) is 2.64. The fourth-order valence-corrected chi connectivity index (χ4v) is 4.12. The van der Waals surface area contributed by atoms with E-state index >= 15 is 0 Å². The maximum absolute atomic E-state index is 10.9. The van der Waals surface area contributed by atoms with Crippen molar-refractivity contribution in [1.29, 1.82) is 0 Å². The molecule has 1 rings (SSSR count). The van der Waals surface area contributed by atoms with Crippen LogP contribution in [0.25, 0.3) is 0 Å². The molecule has 13 heavy (non-hydrogen) atoms. The molecule has 0 aromatic carbocycles. The van der Waals surface area contributed by atoms with Crippen molar-refractivity contribution < 1.29 is 25.6 Å². The summed E-state index contributed by atoms with van der Waals surface area (Å²) in [5, 5.41) is -0.978. The molecule has 1 aliphatic heterocycles. The molecule has 0 unspecified atom stereocenters. The fraction of sp³-hybridized carbons (Fsp3) is 1.00. The first kappa shape index (κ1) is 11.2. The monoisotopic (exact) mass is 249 g/mol. The van der Waals surface area contributed by atoms with Crippen molar-refractivity contribution in [1.82, 2.24) is 0 Å². The topological polar surface area (TPSA) is 101 Å². The largest absolute Gasteiger partial charge is 0.726 e. The Morgan fingerprint density at radius 2 is 1.92 bits per heavy atom. The predicted molar refractivity (Wildman–Crippen MR) is 42.9 cm³/mol. The van der Waals surface area contributed by atoms with Gasteiger partial charge in [-0.15, -0.1) is 11.6 Å². The summed E-state index contributed by atoms with van der Waals surface area (Å²) in [5.41, 5.74) is 0. The van der Waals surface area contributed by atoms with Crippen LogP contribution in [0.15, 0.2) is 0 Å². The van der Waals surface area contributed by atoms with Gasteiger partial charge in [0.2, 0.25) is 10.4 Å². The van der Waals surface area contributed by atoms with Crippen molar-refractivity contribution >= 4 is 31.8 Å². The van der Waals surface area contributed by atoms with Crippen LogP contribution in [0.2, 0.25) is 0 Å². The van der Waals surface area contributed by atoms with Crippen LogP contribution in [0.3, 0.4) is 0 Å². The minimum Gasteiger partial charge on any atom is -0.726 e. The molecular formula is C4H6ClO6S2-. The molecule has 0 saturated carbocycles. The average Bonchev–Trinajstić information content (AvgIpc) is 2.00. The molecular weight excluding hydrogens is 244 g/mol. The van der Waals surface area contributed by atoms with Gasteiger partial charge in [0.05, 0.1) is 16.9 Å². The van der Waals surface area contributed by atoms with Gasteiger partial charge in [-0.3, -0.25) is 4.18 Å². The van der Waals surface area contributed by atoms with Crippen LogP contribution < -0.4 is 0 Å². The number of halogens is 1. The summed E-state index contributed by atoms with van der Waals surface area (Å²) in [7, 11) is -8.27. The van der Waals surface area contributed by atoms with Crippen LogP contribution in [0.1, 0.15) is 0 Å². The zero-order valence-corrected chi connectivity index (χ0v) is 8.60. The highest BCUT2D eigenvalue weighted by atomic mass is 35.5. The molecule has 0 bridgehead atoms. The van der Waals surface area contributed by atoms with Crippen LogP contribution in [0.4, 0.5) is 0 Å². The van der Waals surface area contributed by atoms with Crippen molar-refractivity contribution in [2.45, 2.75) is 11.5 Å². The lowest BCUT2D eigenvalue weighted by molar-refractivity contribution is 0.201. The standard InChI is InChI=1S/C4H7ClO6S2/c5-3-1-12(6,7)2-4(3)11-13(8,9)10/h3-4H,1-2H2,(H,8,9,10)/p-1/t3-,4-/m0/s1. The second-order valence-corrected chi connectivity index (χ2v) is 6.36. The number of hydrogen-bond acceptors (Lipinski definition) is 6. The van der Waals surface area contributed by atoms with E-state index in [0.29, 0.717) is 0 Å². The summed E-state index contributed by atoms with van der Waals surface area (Å²) in [6, 6.07) is 0. The zero-order chi connectivity index (χ0) is 10.3. The molecule has 1 heterocycles. The van der Waals surface area contributed by atoms with Crippen LogP contribution >= 0.6 is 11.6 Å². The number of sulfone groups is 1. The van der Waals surface area contributed by atoms with Crippen molar-refractivity contribution in [3.05, 3.63) is 0 Å². The normalized spacial score (nSPS) is 33.4. The van der Waals surface area contributed by atoms with Gasteiger partial charge in [0.15, 0.2) is 9.84 Å². The maximum atomic E-state index is 10.9. The maximum Gasteiger partial charge on any atom is 0.217 e. The molecule has 6 nitrogen and oxygen atoms in total. The minimum atomic E-state index is -4.89. The Balaban J connectivity index is 2.76. The first-order chi connectivity index (χ1) is 5.70. The third-order valence-electron chi connectivity index (χ3n) is 1.48. The summed E-state index contributed by atoms with van der Waals surface area (Å²) in [6.07, 6.45) is -1.26. The van der Waals surface area contributed by atoms with Crippen LogP contribution in [-0.2, 0) is 24.4 Å². The molecule has 1 saturated heterocycles. The predicted octanol–water partition coefficient (Wildman–Crippen LogP) is -1.13. The fourth-order valence-electron chi connectivity index (χ4n) is 1.01. The van der Waals surface area contributed by atoms with Gasteiger partial charge in [-0.25, -0.2) is 16.8 Å². The molecule has 0 amide bonds. The Labute approximate surface area is 80.7 Å². The molecule has 0 spiro atoms. The Morgan fingerprint density at radius 3 is 2.23 bits per heavy atom. The van der Waals surface area contributed by atoms with Crippen LogP contribution in [-0.4, -0.2) is 44.4 Å². The second kappa shape index (κ2) is 3.35. The molecule has 1 fully saturated rings. The smallest absolute Gasteiger partial charge is 0.217 e. The lowest BCUT2D eigenvalue weighted by Gasteiger charge is -2.14. The lowest BCUT2D eigenvalue weighted by Crippen LogP contribution is -2.25. The number of hydrogen-bond donors (Lipinski definition) is 0. The van der Waals surface area contributed by atoms with E-state index in [1.54, 1.807) is 0 Å². The molecule has 2 atom stereocenters. The molecule has 0 radical (unpaired) electrons. The zero-order valence-electron chi connectivity index (χ0n) is 6.21. The summed E-state index contributed by atoms with van der Waals surface area (Å²) < 4.78 is 56.0. The van der Waals surface area contributed by atoms with E-state index in [2.05, 4.69) is 4.18 Å². The van der Waals surface area contributed by atoms with Gasteiger partial charge in [0.25, 0.3) is 0 Å². The van der Waals surface area contributed by atoms with Gasteiger partial charge in [-0.2, -0.15) is 0 Å². The molecule has 78 valence electrons. The van der Waals surface area contributed by atoms with Crippen molar-refractivity contribution in [2.24, 2.45) is 0 Å². The molecule has 0 N–H and O–H groups in total. The Bertz CT molecular complexity index is 383. The first-order valence-corrected chi connectivity index (χ1v) is 6.77. The average molecular weight is 250 g/mol. The van der Waals surface area contributed by atoms with E-state index in [9.17, 15) is 21.4 Å². The summed E-state index contributed by atoms with van der Waals surface area (Å²) in [6.45, 7) is 0. The highest BCUT2D eigenvalue weighted by molar-refractivity contribution is 7.91. The molecule has 0 aromatic heterocycles. The van der Waals surface area contributed by atoms with Crippen LogP contribution in [0, 0.1) is 0 Å². The molecule has 0 aromatic rings. The van der Waals surface area contributed by atoms with Crippen molar-refractivity contribution in [2.75, 3.05) is 11.5 Å². The summed E-state index contributed by atoms with van der Waals surface area (Å²) in [4.78, 5) is 0. The highest BCUT2D eigenvalue weighted by Crippen LogP contribution is 2.21. The van der Waals surface area contributed by atoms with E-state index in [1.807, 2.05) is 0 Å². The molecule has 9 heteroatoms. The molecule has 0 aliphatic carbocycles. The van der Waals surface area contributed by atoms with Gasteiger partial charge in [0, 0.05) is 0 Å². The Kier molecular flexibility index (Phi) is 2.89. The van der Waals surface area contributed by atoms with Gasteiger partial charge < -0.3 is 4.55 Å². The minimum absolute atomic E-state index is 0.366. The van der Waals surface area contributed by atoms with Crippen molar-refractivity contribution in [3.63, 3.8) is 0 Å². The number of alkyl halides is 1. The molecule has 1 aliphatic rings. The SMILES string of the molecule is O=S1(=O)C[C@H](OS(=O)(=O)[O-])[C@@H](Cl)C1. The number of rotatable bonds is 2. The third kappa shape index (κ3) is 3.39. The quantitative estimate of drug-likeness (QED) is 0.349. The Morgan fingerprint density at radius 1 is 1.38 bits per heavy atom. The van der Waals surface area contributed by atoms with Gasteiger partial charge in [-0.05, 0) is 0 Å². The first-order valence-electron chi connectivity index (χ1n) is 3.18. The lowest BCUT2D eigenvalue weighted by atomic mass is 10.3. The van der Waals surface area contributed by atoms with Crippen molar-refractivity contribution in [3.8, 4) is 0 Å².